The maximum absolute atomic E-state index is 5.97. The summed E-state index contributed by atoms with van der Waals surface area (Å²) < 4.78 is 1.07. The quantitative estimate of drug-likeness (QED) is 0.799. The molecule has 18 heavy (non-hydrogen) atoms. The highest BCUT2D eigenvalue weighted by atomic mass is 79.9. The van der Waals surface area contributed by atoms with E-state index in [9.17, 15) is 0 Å². The van der Waals surface area contributed by atoms with Crippen molar-refractivity contribution in [2.75, 3.05) is 7.05 Å². The zero-order valence-corrected chi connectivity index (χ0v) is 13.3. The molecule has 0 bridgehead atoms. The predicted molar refractivity (Wildman–Crippen MR) is 83.6 cm³/mol. The first-order valence-electron chi connectivity index (χ1n) is 5.84. The average molecular weight is 345 g/mol. The van der Waals surface area contributed by atoms with Gasteiger partial charge in [-0.3, -0.25) is 0 Å². The summed E-state index contributed by atoms with van der Waals surface area (Å²) in [6.07, 6.45) is 2.16. The van der Waals surface area contributed by atoms with E-state index in [1.165, 1.54) is 11.1 Å². The average Bonchev–Trinajstić information content (AvgIpc) is 2.85. The molecule has 0 radical (unpaired) electrons. The molecule has 1 nitrogen and oxygen atoms in total. The van der Waals surface area contributed by atoms with Crippen molar-refractivity contribution < 1.29 is 0 Å². The van der Waals surface area contributed by atoms with Gasteiger partial charge in [0.25, 0.3) is 0 Å². The Morgan fingerprint density at radius 1 is 1.39 bits per heavy atom. The molecule has 2 rings (SSSR count). The van der Waals surface area contributed by atoms with Crippen LogP contribution in [0, 0.1) is 0 Å². The molecule has 4 heteroatoms. The molecule has 1 aromatic carbocycles. The Hall–Kier alpha value is -0.350. The minimum absolute atomic E-state index is 0.344. The molecule has 0 spiro atoms. The fourth-order valence-electron chi connectivity index (χ4n) is 1.99. The summed E-state index contributed by atoms with van der Waals surface area (Å²) in [6.45, 7) is 0. The van der Waals surface area contributed by atoms with E-state index in [-0.39, 0.29) is 0 Å². The van der Waals surface area contributed by atoms with E-state index in [4.69, 9.17) is 11.6 Å². The van der Waals surface area contributed by atoms with Crippen LogP contribution in [-0.4, -0.2) is 7.05 Å². The van der Waals surface area contributed by atoms with Gasteiger partial charge in [-0.05, 0) is 60.0 Å². The number of benzene rings is 1. The Labute approximate surface area is 125 Å². The number of aryl methyl sites for hydroxylation is 1. The van der Waals surface area contributed by atoms with Crippen molar-refractivity contribution in [2.24, 2.45) is 0 Å². The van der Waals surface area contributed by atoms with Gasteiger partial charge in [0.1, 0.15) is 0 Å². The van der Waals surface area contributed by atoms with Gasteiger partial charge in [-0.1, -0.05) is 33.6 Å². The van der Waals surface area contributed by atoms with Crippen LogP contribution in [-0.2, 0) is 6.42 Å². The van der Waals surface area contributed by atoms with Gasteiger partial charge in [-0.2, -0.15) is 11.3 Å². The number of nitrogens with one attached hydrogen (secondary N) is 1. The van der Waals surface area contributed by atoms with E-state index >= 15 is 0 Å². The molecule has 1 atom stereocenters. The standard InChI is InChI=1S/C14H15BrClNS/c1-17-14(5-2-10-6-7-18-9-10)12-4-3-11(16)8-13(12)15/h3-4,6-9,14,17H,2,5H2,1H3. The van der Waals surface area contributed by atoms with E-state index < -0.39 is 0 Å². The molecule has 0 saturated carbocycles. The molecule has 0 aliphatic rings. The first-order valence-corrected chi connectivity index (χ1v) is 7.95. The highest BCUT2D eigenvalue weighted by molar-refractivity contribution is 9.10. The van der Waals surface area contributed by atoms with E-state index in [1.54, 1.807) is 11.3 Å². The van der Waals surface area contributed by atoms with Gasteiger partial charge in [-0.25, -0.2) is 0 Å². The number of hydrogen-bond acceptors (Lipinski definition) is 2. The molecule has 1 unspecified atom stereocenters. The summed E-state index contributed by atoms with van der Waals surface area (Å²) in [7, 11) is 2.00. The monoisotopic (exact) mass is 343 g/mol. The van der Waals surface area contributed by atoms with Crippen molar-refractivity contribution in [1.82, 2.24) is 5.32 Å². The number of rotatable bonds is 5. The SMILES string of the molecule is CNC(CCc1ccsc1)c1ccc(Cl)cc1Br. The Bertz CT molecular complexity index is 499. The maximum atomic E-state index is 5.97. The topological polar surface area (TPSA) is 12.0 Å². The van der Waals surface area contributed by atoms with Crippen LogP contribution in [0.25, 0.3) is 0 Å². The smallest absolute Gasteiger partial charge is 0.0417 e. The van der Waals surface area contributed by atoms with Gasteiger partial charge in [-0.15, -0.1) is 0 Å². The fraction of sp³-hybridized carbons (Fsp3) is 0.286. The van der Waals surface area contributed by atoms with Crippen LogP contribution in [0.5, 0.6) is 0 Å². The van der Waals surface area contributed by atoms with Crippen molar-refractivity contribution >= 4 is 38.9 Å². The largest absolute Gasteiger partial charge is 0.313 e. The number of halogens is 2. The molecule has 0 aliphatic heterocycles. The summed E-state index contributed by atoms with van der Waals surface area (Å²) in [6, 6.07) is 8.51. The Morgan fingerprint density at radius 2 is 2.22 bits per heavy atom. The van der Waals surface area contributed by atoms with Gasteiger partial charge in [0, 0.05) is 15.5 Å². The molecule has 1 aromatic heterocycles. The first-order chi connectivity index (χ1) is 8.70. The van der Waals surface area contributed by atoms with Gasteiger partial charge in [0.05, 0.1) is 0 Å². The van der Waals surface area contributed by atoms with Crippen LogP contribution in [0.3, 0.4) is 0 Å². The van der Waals surface area contributed by atoms with Crippen LogP contribution in [0.2, 0.25) is 5.02 Å². The lowest BCUT2D eigenvalue weighted by atomic mass is 10.0. The van der Waals surface area contributed by atoms with Crippen molar-refractivity contribution in [2.45, 2.75) is 18.9 Å². The summed E-state index contributed by atoms with van der Waals surface area (Å²) >= 11 is 11.3. The maximum Gasteiger partial charge on any atom is 0.0417 e. The number of hydrogen-bond donors (Lipinski definition) is 1. The molecule has 0 fully saturated rings. The predicted octanol–water partition coefficient (Wildman–Crippen LogP) is 5.06. The van der Waals surface area contributed by atoms with E-state index in [1.807, 2.05) is 19.2 Å². The highest BCUT2D eigenvalue weighted by Crippen LogP contribution is 2.29. The summed E-state index contributed by atoms with van der Waals surface area (Å²) in [5.41, 5.74) is 2.67. The van der Waals surface area contributed by atoms with Gasteiger partial charge >= 0.3 is 0 Å². The minimum atomic E-state index is 0.344. The number of thiophene rings is 1. The minimum Gasteiger partial charge on any atom is -0.313 e. The second-order valence-electron chi connectivity index (χ2n) is 4.18. The third kappa shape index (κ3) is 3.58. The van der Waals surface area contributed by atoms with Crippen LogP contribution >= 0.6 is 38.9 Å². The molecular weight excluding hydrogens is 330 g/mol. The van der Waals surface area contributed by atoms with Crippen LogP contribution in [0.1, 0.15) is 23.6 Å². The third-order valence-electron chi connectivity index (χ3n) is 2.99. The van der Waals surface area contributed by atoms with Crippen molar-refractivity contribution in [3.8, 4) is 0 Å². The highest BCUT2D eigenvalue weighted by Gasteiger charge is 2.13. The van der Waals surface area contributed by atoms with Crippen LogP contribution < -0.4 is 5.32 Å². The second kappa shape index (κ2) is 6.71. The lowest BCUT2D eigenvalue weighted by Crippen LogP contribution is -2.17. The molecule has 2 aromatic rings. The van der Waals surface area contributed by atoms with Crippen molar-refractivity contribution in [3.05, 3.63) is 55.6 Å². The zero-order chi connectivity index (χ0) is 13.0. The van der Waals surface area contributed by atoms with Crippen LogP contribution in [0.4, 0.5) is 0 Å². The zero-order valence-electron chi connectivity index (χ0n) is 10.1. The third-order valence-corrected chi connectivity index (χ3v) is 4.64. The van der Waals surface area contributed by atoms with Gasteiger partial charge in [0.2, 0.25) is 0 Å². The second-order valence-corrected chi connectivity index (χ2v) is 6.25. The first kappa shape index (κ1) is 14.1. The van der Waals surface area contributed by atoms with E-state index in [2.05, 4.69) is 44.1 Å². The molecule has 1 heterocycles. The fourth-order valence-corrected chi connectivity index (χ4v) is 3.65. The molecule has 96 valence electrons. The normalized spacial score (nSPS) is 12.6. The summed E-state index contributed by atoms with van der Waals surface area (Å²) in [4.78, 5) is 0. The van der Waals surface area contributed by atoms with Crippen molar-refractivity contribution in [1.29, 1.82) is 0 Å². The van der Waals surface area contributed by atoms with E-state index in [0.717, 1.165) is 22.3 Å². The Balaban J connectivity index is 2.08. The lowest BCUT2D eigenvalue weighted by Gasteiger charge is -2.18. The summed E-state index contributed by atoms with van der Waals surface area (Å²) in [5, 5.41) is 8.47. The van der Waals surface area contributed by atoms with E-state index in [0.29, 0.717) is 6.04 Å². The van der Waals surface area contributed by atoms with Gasteiger partial charge < -0.3 is 5.32 Å². The van der Waals surface area contributed by atoms with Crippen molar-refractivity contribution in [3.63, 3.8) is 0 Å². The molecule has 0 aliphatic carbocycles. The Morgan fingerprint density at radius 3 is 2.83 bits per heavy atom. The molecule has 0 saturated heterocycles. The molecule has 0 amide bonds. The lowest BCUT2D eigenvalue weighted by molar-refractivity contribution is 0.548. The molecular formula is C14H15BrClNS. The van der Waals surface area contributed by atoms with Gasteiger partial charge in [0.15, 0.2) is 0 Å². The summed E-state index contributed by atoms with van der Waals surface area (Å²) in [5.74, 6) is 0. The molecule has 1 N–H and O–H groups in total. The van der Waals surface area contributed by atoms with Crippen LogP contribution in [0.15, 0.2) is 39.5 Å². The Kier molecular flexibility index (Phi) is 5.25.